The van der Waals surface area contributed by atoms with Crippen LogP contribution in [0.2, 0.25) is 0 Å². The van der Waals surface area contributed by atoms with Gasteiger partial charge in [0.2, 0.25) is 0 Å². The number of piperidine rings is 1. The second-order valence-corrected chi connectivity index (χ2v) is 7.67. The topological polar surface area (TPSA) is 81.6 Å². The maximum atomic E-state index is 11.7. The molecular weight excluding hydrogens is 330 g/mol. The molecule has 1 aromatic rings. The number of ether oxygens (including phenoxy) is 1. The van der Waals surface area contributed by atoms with E-state index in [1.54, 1.807) is 6.07 Å². The summed E-state index contributed by atoms with van der Waals surface area (Å²) in [4.78, 5) is 13.7. The molecule has 1 aliphatic heterocycles. The monoisotopic (exact) mass is 361 g/mol. The highest BCUT2D eigenvalue weighted by Gasteiger charge is 2.32. The summed E-state index contributed by atoms with van der Waals surface area (Å²) in [5.74, 6) is 0.372. The minimum Gasteiger partial charge on any atom is -0.379 e. The van der Waals surface area contributed by atoms with Crippen LogP contribution in [-0.2, 0) is 4.74 Å². The SMILES string of the molecule is CCOC1CCC(c2c(C)ccc([N+](=O)[O-])c2N2CCC(N)CC2)CC1. The van der Waals surface area contributed by atoms with Crippen molar-refractivity contribution in [3.8, 4) is 0 Å². The molecule has 1 saturated heterocycles. The van der Waals surface area contributed by atoms with E-state index >= 15 is 0 Å². The minimum atomic E-state index is -0.224. The van der Waals surface area contributed by atoms with E-state index in [1.165, 1.54) is 11.1 Å². The Morgan fingerprint density at radius 2 is 1.85 bits per heavy atom. The number of benzene rings is 1. The van der Waals surface area contributed by atoms with Gasteiger partial charge in [-0.25, -0.2) is 0 Å². The quantitative estimate of drug-likeness (QED) is 0.635. The molecule has 2 aliphatic rings. The van der Waals surface area contributed by atoms with Crippen LogP contribution in [0.5, 0.6) is 0 Å². The van der Waals surface area contributed by atoms with Gasteiger partial charge in [-0.15, -0.1) is 0 Å². The van der Waals surface area contributed by atoms with Gasteiger partial charge in [-0.1, -0.05) is 6.07 Å². The van der Waals surface area contributed by atoms with Gasteiger partial charge < -0.3 is 15.4 Å². The van der Waals surface area contributed by atoms with Gasteiger partial charge in [-0.3, -0.25) is 10.1 Å². The molecular formula is C20H31N3O3. The first-order valence-corrected chi connectivity index (χ1v) is 9.91. The van der Waals surface area contributed by atoms with Crippen molar-refractivity contribution in [2.24, 2.45) is 5.73 Å². The number of anilines is 1. The molecule has 2 N–H and O–H groups in total. The lowest BCUT2D eigenvalue weighted by Gasteiger charge is -2.36. The van der Waals surface area contributed by atoms with Crippen LogP contribution in [0.3, 0.4) is 0 Å². The molecule has 0 amide bonds. The molecule has 0 radical (unpaired) electrons. The predicted octanol–water partition coefficient (Wildman–Crippen LogP) is 3.89. The highest BCUT2D eigenvalue weighted by Crippen LogP contribution is 2.44. The summed E-state index contributed by atoms with van der Waals surface area (Å²) in [5.41, 5.74) is 9.50. The third-order valence-electron chi connectivity index (χ3n) is 5.95. The molecule has 144 valence electrons. The van der Waals surface area contributed by atoms with Gasteiger partial charge in [0.25, 0.3) is 5.69 Å². The zero-order valence-corrected chi connectivity index (χ0v) is 15.9. The summed E-state index contributed by atoms with van der Waals surface area (Å²) in [6, 6.07) is 3.80. The van der Waals surface area contributed by atoms with Crippen molar-refractivity contribution in [1.82, 2.24) is 0 Å². The van der Waals surface area contributed by atoms with E-state index in [1.807, 2.05) is 13.0 Å². The second kappa shape index (κ2) is 8.35. The number of nitro benzene ring substituents is 1. The Bertz CT molecular complexity index is 633. The van der Waals surface area contributed by atoms with Gasteiger partial charge >= 0.3 is 0 Å². The smallest absolute Gasteiger partial charge is 0.292 e. The van der Waals surface area contributed by atoms with Crippen LogP contribution in [0.25, 0.3) is 0 Å². The molecule has 1 aliphatic carbocycles. The molecule has 1 heterocycles. The van der Waals surface area contributed by atoms with E-state index in [0.29, 0.717) is 12.0 Å². The number of hydrogen-bond donors (Lipinski definition) is 1. The minimum absolute atomic E-state index is 0.209. The van der Waals surface area contributed by atoms with Crippen LogP contribution < -0.4 is 10.6 Å². The number of nitro groups is 1. The second-order valence-electron chi connectivity index (χ2n) is 7.67. The Morgan fingerprint density at radius 1 is 1.19 bits per heavy atom. The van der Waals surface area contributed by atoms with Crippen LogP contribution in [0.15, 0.2) is 12.1 Å². The Hall–Kier alpha value is -1.66. The van der Waals surface area contributed by atoms with Crippen LogP contribution in [0.1, 0.15) is 62.5 Å². The molecule has 2 fully saturated rings. The fourth-order valence-electron chi connectivity index (χ4n) is 4.57. The molecule has 0 bridgehead atoms. The van der Waals surface area contributed by atoms with Gasteiger partial charge in [-0.05, 0) is 69.4 Å². The summed E-state index contributed by atoms with van der Waals surface area (Å²) >= 11 is 0. The van der Waals surface area contributed by atoms with Gasteiger partial charge in [0.15, 0.2) is 0 Å². The Kier molecular flexibility index (Phi) is 6.14. The van der Waals surface area contributed by atoms with E-state index in [0.717, 1.165) is 63.9 Å². The van der Waals surface area contributed by atoms with Crippen LogP contribution >= 0.6 is 0 Å². The standard InChI is InChI=1S/C20H31N3O3/c1-3-26-17-7-5-15(6-8-17)19-14(2)4-9-18(23(24)25)20(19)22-12-10-16(21)11-13-22/h4,9,15-17H,3,5-8,10-13,21H2,1-2H3. The van der Waals surface area contributed by atoms with Gasteiger partial charge in [0, 0.05) is 31.8 Å². The van der Waals surface area contributed by atoms with E-state index in [4.69, 9.17) is 10.5 Å². The zero-order valence-electron chi connectivity index (χ0n) is 15.9. The maximum Gasteiger partial charge on any atom is 0.292 e. The molecule has 0 unspecified atom stereocenters. The molecule has 0 atom stereocenters. The number of nitrogens with zero attached hydrogens (tertiary/aromatic N) is 2. The average molecular weight is 361 g/mol. The van der Waals surface area contributed by atoms with E-state index in [-0.39, 0.29) is 16.7 Å². The highest BCUT2D eigenvalue weighted by atomic mass is 16.6. The van der Waals surface area contributed by atoms with Gasteiger partial charge in [0.1, 0.15) is 5.69 Å². The third kappa shape index (κ3) is 4.01. The summed E-state index contributed by atoms with van der Waals surface area (Å²) < 4.78 is 5.79. The number of rotatable bonds is 5. The molecule has 1 saturated carbocycles. The molecule has 0 aromatic heterocycles. The first-order chi connectivity index (χ1) is 12.5. The van der Waals surface area contributed by atoms with Crippen LogP contribution in [-0.4, -0.2) is 36.8 Å². The Balaban J connectivity index is 1.93. The molecule has 6 nitrogen and oxygen atoms in total. The lowest BCUT2D eigenvalue weighted by atomic mass is 9.79. The maximum absolute atomic E-state index is 11.7. The van der Waals surface area contributed by atoms with Crippen molar-refractivity contribution in [1.29, 1.82) is 0 Å². The van der Waals surface area contributed by atoms with Crippen molar-refractivity contribution in [2.75, 3.05) is 24.6 Å². The van der Waals surface area contributed by atoms with Crippen LogP contribution in [0, 0.1) is 17.0 Å². The van der Waals surface area contributed by atoms with Gasteiger partial charge in [-0.2, -0.15) is 0 Å². The molecule has 0 spiro atoms. The lowest BCUT2D eigenvalue weighted by molar-refractivity contribution is -0.384. The van der Waals surface area contributed by atoms with E-state index in [9.17, 15) is 10.1 Å². The third-order valence-corrected chi connectivity index (χ3v) is 5.95. The molecule has 26 heavy (non-hydrogen) atoms. The first kappa shape index (κ1) is 19.1. The number of hydrogen-bond acceptors (Lipinski definition) is 5. The van der Waals surface area contributed by atoms with Gasteiger partial charge in [0.05, 0.1) is 11.0 Å². The fraction of sp³-hybridized carbons (Fsp3) is 0.700. The van der Waals surface area contributed by atoms with Crippen molar-refractivity contribution in [3.05, 3.63) is 33.4 Å². The Labute approximate surface area is 155 Å². The molecule has 3 rings (SSSR count). The fourth-order valence-corrected chi connectivity index (χ4v) is 4.57. The normalized spacial score (nSPS) is 24.7. The zero-order chi connectivity index (χ0) is 18.7. The van der Waals surface area contributed by atoms with Crippen molar-refractivity contribution in [2.45, 2.75) is 70.4 Å². The van der Waals surface area contributed by atoms with E-state index < -0.39 is 0 Å². The predicted molar refractivity (Wildman–Crippen MR) is 104 cm³/mol. The highest BCUT2D eigenvalue weighted by molar-refractivity contribution is 5.71. The molecule has 6 heteroatoms. The summed E-state index contributed by atoms with van der Waals surface area (Å²) in [6.45, 7) is 6.48. The number of nitrogens with two attached hydrogens (primary N) is 1. The lowest BCUT2D eigenvalue weighted by Crippen LogP contribution is -2.40. The summed E-state index contributed by atoms with van der Waals surface area (Å²) in [7, 11) is 0. The largest absolute Gasteiger partial charge is 0.379 e. The van der Waals surface area contributed by atoms with Crippen LogP contribution in [0.4, 0.5) is 11.4 Å². The summed E-state index contributed by atoms with van der Waals surface area (Å²) in [5, 5.41) is 11.7. The number of aryl methyl sites for hydroxylation is 1. The van der Waals surface area contributed by atoms with Crippen molar-refractivity contribution >= 4 is 11.4 Å². The average Bonchev–Trinajstić information content (AvgIpc) is 2.63. The first-order valence-electron chi connectivity index (χ1n) is 9.91. The van der Waals surface area contributed by atoms with E-state index in [2.05, 4.69) is 11.8 Å². The van der Waals surface area contributed by atoms with Crippen molar-refractivity contribution in [3.63, 3.8) is 0 Å². The molecule has 1 aromatic carbocycles. The van der Waals surface area contributed by atoms with Crippen molar-refractivity contribution < 1.29 is 9.66 Å². The Morgan fingerprint density at radius 3 is 2.42 bits per heavy atom. The summed E-state index contributed by atoms with van der Waals surface area (Å²) in [6.07, 6.45) is 6.26.